The zero-order valence-electron chi connectivity index (χ0n) is 14.2. The number of aromatic amines is 1. The molecule has 0 aliphatic carbocycles. The van der Waals surface area contributed by atoms with Crippen LogP contribution in [0.4, 0.5) is 0 Å². The highest BCUT2D eigenvalue weighted by molar-refractivity contribution is 5.64. The Morgan fingerprint density at radius 1 is 1.29 bits per heavy atom. The second kappa shape index (κ2) is 7.31. The monoisotopic (exact) mass is 325 g/mol. The molecular formula is C18H23N5O. The van der Waals surface area contributed by atoms with E-state index in [2.05, 4.69) is 40.5 Å². The minimum Gasteiger partial charge on any atom is -0.497 e. The van der Waals surface area contributed by atoms with E-state index >= 15 is 0 Å². The first-order chi connectivity index (χ1) is 11.7. The Morgan fingerprint density at radius 2 is 2.17 bits per heavy atom. The molecule has 0 spiro atoms. The second-order valence-corrected chi connectivity index (χ2v) is 5.90. The molecule has 0 aliphatic rings. The summed E-state index contributed by atoms with van der Waals surface area (Å²) >= 11 is 0. The Morgan fingerprint density at radius 3 is 2.92 bits per heavy atom. The molecule has 3 rings (SSSR count). The number of nitrogens with zero attached hydrogens (tertiary/aromatic N) is 3. The first-order valence-corrected chi connectivity index (χ1v) is 8.08. The zero-order valence-corrected chi connectivity index (χ0v) is 14.2. The molecule has 0 radical (unpaired) electrons. The number of rotatable bonds is 7. The molecule has 24 heavy (non-hydrogen) atoms. The summed E-state index contributed by atoms with van der Waals surface area (Å²) in [5.41, 5.74) is 3.21. The van der Waals surface area contributed by atoms with E-state index in [1.807, 2.05) is 41.3 Å². The average Bonchev–Trinajstić information content (AvgIpc) is 3.30. The van der Waals surface area contributed by atoms with Crippen molar-refractivity contribution in [3.8, 4) is 17.0 Å². The number of methoxy groups -OCH3 is 1. The van der Waals surface area contributed by atoms with Gasteiger partial charge in [-0.2, -0.15) is 10.2 Å². The van der Waals surface area contributed by atoms with Gasteiger partial charge >= 0.3 is 0 Å². The number of H-pyrrole nitrogens is 1. The van der Waals surface area contributed by atoms with Crippen molar-refractivity contribution in [1.82, 2.24) is 25.3 Å². The Bertz CT molecular complexity index is 765. The molecule has 0 bridgehead atoms. The fourth-order valence-electron chi connectivity index (χ4n) is 2.67. The number of aromatic nitrogens is 4. The molecule has 1 aromatic carbocycles. The minimum absolute atomic E-state index is 0.271. The summed E-state index contributed by atoms with van der Waals surface area (Å²) in [5, 5.41) is 15.2. The summed E-state index contributed by atoms with van der Waals surface area (Å²) in [7, 11) is 1.67. The van der Waals surface area contributed by atoms with E-state index in [4.69, 9.17) is 4.74 Å². The third-order valence-corrected chi connectivity index (χ3v) is 4.36. The van der Waals surface area contributed by atoms with Gasteiger partial charge in [-0.1, -0.05) is 12.1 Å². The first kappa shape index (κ1) is 16.3. The molecule has 2 heterocycles. The minimum atomic E-state index is 0.271. The van der Waals surface area contributed by atoms with Crippen LogP contribution in [-0.4, -0.2) is 33.1 Å². The molecule has 126 valence electrons. The maximum Gasteiger partial charge on any atom is 0.119 e. The fraction of sp³-hybridized carbons (Fsp3) is 0.333. The Balaban J connectivity index is 1.69. The predicted molar refractivity (Wildman–Crippen MR) is 93.8 cm³/mol. The summed E-state index contributed by atoms with van der Waals surface area (Å²) in [6.07, 6.45) is 5.66. The lowest BCUT2D eigenvalue weighted by atomic mass is 10.1. The normalized spacial score (nSPS) is 13.6. The molecular weight excluding hydrogens is 302 g/mol. The van der Waals surface area contributed by atoms with Crippen molar-refractivity contribution >= 4 is 0 Å². The fourth-order valence-corrected chi connectivity index (χ4v) is 2.67. The van der Waals surface area contributed by atoms with E-state index in [1.54, 1.807) is 13.3 Å². The van der Waals surface area contributed by atoms with E-state index in [-0.39, 0.29) is 12.1 Å². The summed E-state index contributed by atoms with van der Waals surface area (Å²) in [4.78, 5) is 0. The number of ether oxygens (including phenoxy) is 1. The molecule has 0 saturated heterocycles. The van der Waals surface area contributed by atoms with Gasteiger partial charge in [-0.3, -0.25) is 9.78 Å². The Hall–Kier alpha value is -2.60. The lowest BCUT2D eigenvalue weighted by Gasteiger charge is -2.21. The third-order valence-electron chi connectivity index (χ3n) is 4.36. The SMILES string of the molecule is COc1cccc(-c2[nH]ncc2CN[C@H](C)[C@@H](C)n2cccn2)c1. The van der Waals surface area contributed by atoms with Crippen molar-refractivity contribution in [2.24, 2.45) is 0 Å². The largest absolute Gasteiger partial charge is 0.497 e. The van der Waals surface area contributed by atoms with Crippen molar-refractivity contribution in [3.05, 3.63) is 54.5 Å². The lowest BCUT2D eigenvalue weighted by molar-refractivity contribution is 0.365. The molecule has 3 aromatic rings. The molecule has 0 saturated carbocycles. The standard InChI is InChI=1S/C18H23N5O/c1-13(14(2)23-9-5-8-21-23)19-11-16-12-20-22-18(16)15-6-4-7-17(10-15)24-3/h4-10,12-14,19H,11H2,1-3H3,(H,20,22)/t13-,14-/m1/s1. The molecule has 2 atom stereocenters. The van der Waals surface area contributed by atoms with E-state index < -0.39 is 0 Å². The van der Waals surface area contributed by atoms with Crippen molar-refractivity contribution in [3.63, 3.8) is 0 Å². The van der Waals surface area contributed by atoms with Crippen LogP contribution in [0.1, 0.15) is 25.5 Å². The Labute approximate surface area is 141 Å². The summed E-state index contributed by atoms with van der Waals surface area (Å²) < 4.78 is 7.27. The van der Waals surface area contributed by atoms with Gasteiger partial charge in [-0.05, 0) is 32.0 Å². The van der Waals surface area contributed by atoms with Crippen LogP contribution in [0.15, 0.2) is 48.9 Å². The number of hydrogen-bond acceptors (Lipinski definition) is 4. The number of hydrogen-bond donors (Lipinski definition) is 2. The topological polar surface area (TPSA) is 67.8 Å². The zero-order chi connectivity index (χ0) is 16.9. The molecule has 2 N–H and O–H groups in total. The summed E-state index contributed by atoms with van der Waals surface area (Å²) in [6, 6.07) is 10.5. The Kier molecular flexibility index (Phi) is 4.96. The molecule has 0 fully saturated rings. The van der Waals surface area contributed by atoms with Crippen LogP contribution >= 0.6 is 0 Å². The van der Waals surface area contributed by atoms with Crippen molar-refractivity contribution in [2.75, 3.05) is 7.11 Å². The first-order valence-electron chi connectivity index (χ1n) is 8.08. The predicted octanol–water partition coefficient (Wildman–Crippen LogP) is 3.02. The molecule has 6 nitrogen and oxygen atoms in total. The maximum atomic E-state index is 5.30. The van der Waals surface area contributed by atoms with Gasteiger partial charge in [-0.15, -0.1) is 0 Å². The highest BCUT2D eigenvalue weighted by atomic mass is 16.5. The van der Waals surface area contributed by atoms with Gasteiger partial charge < -0.3 is 10.1 Å². The summed E-state index contributed by atoms with van der Waals surface area (Å²) in [5.74, 6) is 0.835. The quantitative estimate of drug-likeness (QED) is 0.701. The van der Waals surface area contributed by atoms with Gasteiger partial charge in [0.05, 0.1) is 25.0 Å². The van der Waals surface area contributed by atoms with E-state index in [0.29, 0.717) is 0 Å². The van der Waals surface area contributed by atoms with Gasteiger partial charge in [0.2, 0.25) is 0 Å². The van der Waals surface area contributed by atoms with Crippen LogP contribution in [0.2, 0.25) is 0 Å². The van der Waals surface area contributed by atoms with Gasteiger partial charge in [0.15, 0.2) is 0 Å². The van der Waals surface area contributed by atoms with E-state index in [9.17, 15) is 0 Å². The van der Waals surface area contributed by atoms with Crippen molar-refractivity contribution in [1.29, 1.82) is 0 Å². The smallest absolute Gasteiger partial charge is 0.119 e. The van der Waals surface area contributed by atoms with Crippen LogP contribution in [0.25, 0.3) is 11.3 Å². The van der Waals surface area contributed by atoms with Gasteiger partial charge in [-0.25, -0.2) is 0 Å². The number of nitrogens with one attached hydrogen (secondary N) is 2. The molecule has 2 aromatic heterocycles. The van der Waals surface area contributed by atoms with Crippen LogP contribution in [0.5, 0.6) is 5.75 Å². The molecule has 0 amide bonds. The van der Waals surface area contributed by atoms with Gasteiger partial charge in [0.1, 0.15) is 5.75 Å². The van der Waals surface area contributed by atoms with E-state index in [0.717, 1.165) is 29.1 Å². The highest BCUT2D eigenvalue weighted by Crippen LogP contribution is 2.25. The van der Waals surface area contributed by atoms with Crippen LogP contribution in [0, 0.1) is 0 Å². The lowest BCUT2D eigenvalue weighted by Crippen LogP contribution is -2.33. The second-order valence-electron chi connectivity index (χ2n) is 5.90. The van der Waals surface area contributed by atoms with Crippen molar-refractivity contribution < 1.29 is 4.74 Å². The highest BCUT2D eigenvalue weighted by Gasteiger charge is 2.15. The molecule has 0 unspecified atom stereocenters. The van der Waals surface area contributed by atoms with Crippen molar-refractivity contribution in [2.45, 2.75) is 32.5 Å². The van der Waals surface area contributed by atoms with Crippen LogP contribution < -0.4 is 10.1 Å². The number of benzene rings is 1. The van der Waals surface area contributed by atoms with Crippen LogP contribution in [0.3, 0.4) is 0 Å². The van der Waals surface area contributed by atoms with Crippen LogP contribution in [-0.2, 0) is 6.54 Å². The average molecular weight is 325 g/mol. The van der Waals surface area contributed by atoms with E-state index in [1.165, 1.54) is 0 Å². The molecule has 6 heteroatoms. The van der Waals surface area contributed by atoms with Gasteiger partial charge in [0.25, 0.3) is 0 Å². The maximum absolute atomic E-state index is 5.30. The summed E-state index contributed by atoms with van der Waals surface area (Å²) in [6.45, 7) is 5.05. The third kappa shape index (κ3) is 3.49. The molecule has 0 aliphatic heterocycles. The van der Waals surface area contributed by atoms with Gasteiger partial charge in [0, 0.05) is 36.1 Å².